The second-order valence-electron chi connectivity index (χ2n) is 5.31. The molecule has 0 aromatic heterocycles. The summed E-state index contributed by atoms with van der Waals surface area (Å²) in [4.78, 5) is 0. The van der Waals surface area contributed by atoms with Gasteiger partial charge < -0.3 is 5.32 Å². The van der Waals surface area contributed by atoms with Crippen molar-refractivity contribution in [2.75, 3.05) is 26.0 Å². The predicted molar refractivity (Wildman–Crippen MR) is 80.6 cm³/mol. The fraction of sp³-hybridized carbons (Fsp3) is 0.571. The Morgan fingerprint density at radius 1 is 1.25 bits per heavy atom. The van der Waals surface area contributed by atoms with Crippen LogP contribution in [0.5, 0.6) is 0 Å². The van der Waals surface area contributed by atoms with Crippen molar-refractivity contribution < 1.29 is 12.6 Å². The van der Waals surface area contributed by atoms with Crippen LogP contribution < -0.4 is 5.32 Å². The molecule has 4 nitrogen and oxygen atoms in total. The van der Waals surface area contributed by atoms with Crippen molar-refractivity contribution in [1.82, 2.24) is 5.32 Å². The highest BCUT2D eigenvalue weighted by Gasteiger charge is 2.33. The highest BCUT2D eigenvalue weighted by atomic mass is 35.5. The second-order valence-corrected chi connectivity index (χ2v) is 7.39. The molecule has 0 spiro atoms. The van der Waals surface area contributed by atoms with Crippen molar-refractivity contribution in [2.45, 2.75) is 24.7 Å². The Morgan fingerprint density at radius 3 is 2.40 bits per heavy atom. The van der Waals surface area contributed by atoms with Crippen LogP contribution in [0.25, 0.3) is 0 Å². The minimum absolute atomic E-state index is 0.0273. The third kappa shape index (κ3) is 4.19. The van der Waals surface area contributed by atoms with E-state index in [1.807, 2.05) is 24.3 Å². The van der Waals surface area contributed by atoms with Crippen LogP contribution in [0.3, 0.4) is 0 Å². The number of hydrogen-bond acceptors (Lipinski definition) is 4. The summed E-state index contributed by atoms with van der Waals surface area (Å²) in [6, 6.07) is 7.85. The van der Waals surface area contributed by atoms with Gasteiger partial charge in [0.05, 0.1) is 12.9 Å². The van der Waals surface area contributed by atoms with Gasteiger partial charge in [-0.05, 0) is 55.5 Å². The van der Waals surface area contributed by atoms with Crippen molar-refractivity contribution in [2.24, 2.45) is 0 Å². The predicted octanol–water partition coefficient (Wildman–Crippen LogP) is 2.33. The molecule has 1 heterocycles. The summed E-state index contributed by atoms with van der Waals surface area (Å²) in [5, 5.41) is 4.06. The van der Waals surface area contributed by atoms with E-state index in [1.165, 1.54) is 5.56 Å². The van der Waals surface area contributed by atoms with Crippen molar-refractivity contribution >= 4 is 21.7 Å². The average molecular weight is 318 g/mol. The minimum Gasteiger partial charge on any atom is -0.317 e. The largest absolute Gasteiger partial charge is 0.317 e. The van der Waals surface area contributed by atoms with Gasteiger partial charge in [0.1, 0.15) is 0 Å². The summed E-state index contributed by atoms with van der Waals surface area (Å²) in [5.74, 6) is 0. The maximum Gasteiger partial charge on any atom is 0.264 e. The molecule has 0 amide bonds. The van der Waals surface area contributed by atoms with Crippen LogP contribution in [0.1, 0.15) is 24.8 Å². The van der Waals surface area contributed by atoms with Crippen molar-refractivity contribution in [1.29, 1.82) is 0 Å². The number of rotatable bonds is 5. The molecular weight excluding hydrogens is 298 g/mol. The lowest BCUT2D eigenvalue weighted by Gasteiger charge is -2.38. The molecule has 1 aliphatic rings. The monoisotopic (exact) mass is 317 g/mol. The topological polar surface area (TPSA) is 55.4 Å². The third-order valence-corrected chi connectivity index (χ3v) is 4.74. The summed E-state index contributed by atoms with van der Waals surface area (Å²) in [7, 11) is -3.38. The highest BCUT2D eigenvalue weighted by Crippen LogP contribution is 2.37. The van der Waals surface area contributed by atoms with Gasteiger partial charge in [-0.2, -0.15) is 8.42 Å². The quantitative estimate of drug-likeness (QED) is 0.847. The summed E-state index contributed by atoms with van der Waals surface area (Å²) in [6.45, 7) is 2.09. The fourth-order valence-electron chi connectivity index (χ4n) is 2.78. The lowest BCUT2D eigenvalue weighted by atomic mass is 9.71. The normalized spacial score (nSPS) is 18.9. The van der Waals surface area contributed by atoms with E-state index in [1.54, 1.807) is 0 Å². The van der Waals surface area contributed by atoms with E-state index in [2.05, 4.69) is 5.32 Å². The smallest absolute Gasteiger partial charge is 0.264 e. The van der Waals surface area contributed by atoms with Gasteiger partial charge in [-0.25, -0.2) is 0 Å². The van der Waals surface area contributed by atoms with Gasteiger partial charge in [0.25, 0.3) is 10.1 Å². The Labute approximate surface area is 125 Å². The van der Waals surface area contributed by atoms with E-state index in [-0.39, 0.29) is 12.0 Å². The SMILES string of the molecule is CS(=O)(=O)OCCC1(c2ccc(Cl)cc2)CCNCC1. The van der Waals surface area contributed by atoms with Crippen LogP contribution in [-0.2, 0) is 19.7 Å². The molecule has 1 aromatic rings. The molecule has 0 bridgehead atoms. The zero-order chi connectivity index (χ0) is 14.6. The van der Waals surface area contributed by atoms with Gasteiger partial charge in [0.15, 0.2) is 0 Å². The molecule has 6 heteroatoms. The Balaban J connectivity index is 2.15. The van der Waals surface area contributed by atoms with Crippen LogP contribution >= 0.6 is 11.6 Å². The molecule has 0 radical (unpaired) electrons. The first-order chi connectivity index (χ1) is 9.41. The fourth-order valence-corrected chi connectivity index (χ4v) is 3.29. The molecule has 1 aliphatic heterocycles. The van der Waals surface area contributed by atoms with Crippen LogP contribution in [0.4, 0.5) is 0 Å². The number of halogens is 1. The molecule has 2 rings (SSSR count). The molecule has 1 fully saturated rings. The molecular formula is C14H20ClNO3S. The average Bonchev–Trinajstić information content (AvgIpc) is 2.39. The number of piperidine rings is 1. The summed E-state index contributed by atoms with van der Waals surface area (Å²) in [5.41, 5.74) is 1.18. The van der Waals surface area contributed by atoms with Crippen LogP contribution in [0, 0.1) is 0 Å². The van der Waals surface area contributed by atoms with Crippen LogP contribution in [-0.4, -0.2) is 34.4 Å². The van der Waals surface area contributed by atoms with E-state index in [0.29, 0.717) is 11.4 Å². The molecule has 0 unspecified atom stereocenters. The summed E-state index contributed by atoms with van der Waals surface area (Å²) < 4.78 is 27.1. The Bertz CT molecular complexity index is 536. The minimum atomic E-state index is -3.38. The standard InChI is InChI=1S/C14H20ClNO3S/c1-20(17,18)19-11-8-14(6-9-16-10-7-14)12-2-4-13(15)5-3-12/h2-5,16H,6-11H2,1H3. The lowest BCUT2D eigenvalue weighted by molar-refractivity contribution is 0.222. The van der Waals surface area contributed by atoms with Crippen molar-refractivity contribution in [3.63, 3.8) is 0 Å². The van der Waals surface area contributed by atoms with Gasteiger partial charge in [0, 0.05) is 5.02 Å². The van der Waals surface area contributed by atoms with E-state index >= 15 is 0 Å². The summed E-state index contributed by atoms with van der Waals surface area (Å²) >= 11 is 5.94. The van der Waals surface area contributed by atoms with E-state index < -0.39 is 10.1 Å². The zero-order valence-electron chi connectivity index (χ0n) is 11.6. The van der Waals surface area contributed by atoms with Gasteiger partial charge in [0.2, 0.25) is 0 Å². The maximum atomic E-state index is 11.1. The first-order valence-corrected chi connectivity index (χ1v) is 8.92. The summed E-state index contributed by atoms with van der Waals surface area (Å²) in [6.07, 6.45) is 3.73. The number of hydrogen-bond donors (Lipinski definition) is 1. The van der Waals surface area contributed by atoms with Crippen molar-refractivity contribution in [3.05, 3.63) is 34.9 Å². The Morgan fingerprint density at radius 2 is 1.85 bits per heavy atom. The molecule has 112 valence electrons. The zero-order valence-corrected chi connectivity index (χ0v) is 13.1. The first kappa shape index (κ1) is 15.8. The Kier molecular flexibility index (Phi) is 5.07. The van der Waals surface area contributed by atoms with Gasteiger partial charge in [-0.3, -0.25) is 4.18 Å². The molecule has 20 heavy (non-hydrogen) atoms. The molecule has 1 N–H and O–H groups in total. The van der Waals surface area contributed by atoms with Crippen molar-refractivity contribution in [3.8, 4) is 0 Å². The first-order valence-electron chi connectivity index (χ1n) is 6.73. The van der Waals surface area contributed by atoms with Gasteiger partial charge >= 0.3 is 0 Å². The van der Waals surface area contributed by atoms with Gasteiger partial charge in [-0.1, -0.05) is 23.7 Å². The maximum absolute atomic E-state index is 11.1. The second kappa shape index (κ2) is 6.43. The number of nitrogens with one attached hydrogen (secondary N) is 1. The van der Waals surface area contributed by atoms with Crippen LogP contribution in [0.2, 0.25) is 5.02 Å². The molecule has 1 saturated heterocycles. The van der Waals surface area contributed by atoms with E-state index in [4.69, 9.17) is 15.8 Å². The van der Waals surface area contributed by atoms with E-state index in [0.717, 1.165) is 32.2 Å². The third-order valence-electron chi connectivity index (χ3n) is 3.90. The number of benzene rings is 1. The molecule has 0 atom stereocenters. The Hall–Kier alpha value is -0.620. The highest BCUT2D eigenvalue weighted by molar-refractivity contribution is 7.85. The van der Waals surface area contributed by atoms with Gasteiger partial charge in [-0.15, -0.1) is 0 Å². The molecule has 1 aromatic carbocycles. The van der Waals surface area contributed by atoms with E-state index in [9.17, 15) is 8.42 Å². The molecule has 0 aliphatic carbocycles. The molecule has 0 saturated carbocycles. The lowest BCUT2D eigenvalue weighted by Crippen LogP contribution is -2.40. The van der Waals surface area contributed by atoms with Crippen LogP contribution in [0.15, 0.2) is 24.3 Å².